The highest BCUT2D eigenvalue weighted by molar-refractivity contribution is 7.80. The number of hydrogen-bond acceptors (Lipinski definition) is 2. The van der Waals surface area contributed by atoms with Crippen LogP contribution in [0, 0.1) is 0 Å². The van der Waals surface area contributed by atoms with Gasteiger partial charge in [0.25, 0.3) is 5.91 Å². The number of piperidine rings is 1. The molecule has 0 bridgehead atoms. The standard InChI is InChI=1S/C15H21N3OS/c1-10-6-5-7-11(2)18(10)14(19)12-8-3-4-9-13(12)17-15(16)20/h3-4,8-11H,5-7H2,1-2H3,(H3,16,17,20). The zero-order valence-electron chi connectivity index (χ0n) is 11.9. The maximum atomic E-state index is 12.8. The number of amides is 1. The highest BCUT2D eigenvalue weighted by Gasteiger charge is 2.30. The van der Waals surface area contributed by atoms with E-state index in [-0.39, 0.29) is 23.1 Å². The lowest BCUT2D eigenvalue weighted by Crippen LogP contribution is -2.47. The molecule has 1 aromatic carbocycles. The van der Waals surface area contributed by atoms with E-state index in [1.165, 1.54) is 6.42 Å². The SMILES string of the molecule is CC1CCCC(C)N1C(=O)c1ccccc1NC(N)=S. The van der Waals surface area contributed by atoms with Crippen molar-refractivity contribution >= 4 is 28.9 Å². The van der Waals surface area contributed by atoms with Crippen LogP contribution in [-0.4, -0.2) is 28.0 Å². The molecule has 1 amide bonds. The molecule has 2 rings (SSSR count). The van der Waals surface area contributed by atoms with E-state index in [1.807, 2.05) is 29.2 Å². The molecule has 1 aliphatic rings. The van der Waals surface area contributed by atoms with E-state index in [1.54, 1.807) is 0 Å². The van der Waals surface area contributed by atoms with E-state index < -0.39 is 0 Å². The van der Waals surface area contributed by atoms with Crippen LogP contribution < -0.4 is 11.1 Å². The molecule has 1 saturated heterocycles. The third-order valence-electron chi connectivity index (χ3n) is 3.84. The van der Waals surface area contributed by atoms with Crippen LogP contribution in [0.2, 0.25) is 0 Å². The number of carbonyl (C=O) groups excluding carboxylic acids is 1. The molecule has 108 valence electrons. The minimum absolute atomic E-state index is 0.0454. The number of thiocarbonyl (C=S) groups is 1. The van der Waals surface area contributed by atoms with Crippen molar-refractivity contribution in [1.82, 2.24) is 4.90 Å². The number of nitrogens with one attached hydrogen (secondary N) is 1. The third-order valence-corrected chi connectivity index (χ3v) is 3.95. The largest absolute Gasteiger partial charge is 0.376 e. The molecule has 0 spiro atoms. The molecule has 0 aliphatic carbocycles. The first-order valence-electron chi connectivity index (χ1n) is 6.99. The molecule has 5 heteroatoms. The average molecular weight is 291 g/mol. The summed E-state index contributed by atoms with van der Waals surface area (Å²) in [5.74, 6) is 0.0454. The Labute approximate surface area is 125 Å². The van der Waals surface area contributed by atoms with Crippen LogP contribution in [-0.2, 0) is 0 Å². The Morgan fingerprint density at radius 2 is 1.90 bits per heavy atom. The minimum Gasteiger partial charge on any atom is -0.376 e. The summed E-state index contributed by atoms with van der Waals surface area (Å²) < 4.78 is 0. The highest BCUT2D eigenvalue weighted by Crippen LogP contribution is 2.26. The number of likely N-dealkylation sites (tertiary alicyclic amines) is 1. The molecule has 1 fully saturated rings. The fourth-order valence-electron chi connectivity index (χ4n) is 2.87. The van der Waals surface area contributed by atoms with Gasteiger partial charge in [-0.2, -0.15) is 0 Å². The number of rotatable bonds is 2. The van der Waals surface area contributed by atoms with Crippen molar-refractivity contribution < 1.29 is 4.79 Å². The number of carbonyl (C=O) groups is 1. The molecule has 0 saturated carbocycles. The molecule has 3 N–H and O–H groups in total. The normalized spacial score (nSPS) is 22.4. The number of para-hydroxylation sites is 1. The van der Waals surface area contributed by atoms with Crippen molar-refractivity contribution in [2.24, 2.45) is 5.73 Å². The number of nitrogens with two attached hydrogens (primary N) is 1. The molecule has 2 unspecified atom stereocenters. The fourth-order valence-corrected chi connectivity index (χ4v) is 2.98. The second kappa shape index (κ2) is 6.22. The van der Waals surface area contributed by atoms with Gasteiger partial charge in [0.2, 0.25) is 0 Å². The summed E-state index contributed by atoms with van der Waals surface area (Å²) in [7, 11) is 0. The molecule has 1 aliphatic heterocycles. The van der Waals surface area contributed by atoms with Gasteiger partial charge in [0.15, 0.2) is 5.11 Å². The van der Waals surface area contributed by atoms with Gasteiger partial charge in [-0.05, 0) is 57.5 Å². The van der Waals surface area contributed by atoms with Gasteiger partial charge >= 0.3 is 0 Å². The lowest BCUT2D eigenvalue weighted by molar-refractivity contribution is 0.0512. The number of anilines is 1. The van der Waals surface area contributed by atoms with E-state index in [4.69, 9.17) is 18.0 Å². The topological polar surface area (TPSA) is 58.4 Å². The Morgan fingerprint density at radius 1 is 1.30 bits per heavy atom. The van der Waals surface area contributed by atoms with Gasteiger partial charge in [-0.25, -0.2) is 0 Å². The van der Waals surface area contributed by atoms with Crippen LogP contribution >= 0.6 is 12.2 Å². The molecule has 0 radical (unpaired) electrons. The van der Waals surface area contributed by atoms with Crippen molar-refractivity contribution in [3.05, 3.63) is 29.8 Å². The van der Waals surface area contributed by atoms with Crippen LogP contribution in [0.25, 0.3) is 0 Å². The molecule has 4 nitrogen and oxygen atoms in total. The predicted octanol–water partition coefficient (Wildman–Crippen LogP) is 2.75. The van der Waals surface area contributed by atoms with Gasteiger partial charge in [-0.1, -0.05) is 12.1 Å². The first kappa shape index (κ1) is 14.8. The van der Waals surface area contributed by atoms with Crippen LogP contribution in [0.15, 0.2) is 24.3 Å². The summed E-state index contributed by atoms with van der Waals surface area (Å²) >= 11 is 4.87. The predicted molar refractivity (Wildman–Crippen MR) is 85.8 cm³/mol. The van der Waals surface area contributed by atoms with Gasteiger partial charge in [-0.3, -0.25) is 4.79 Å². The van der Waals surface area contributed by atoms with Crippen molar-refractivity contribution in [3.8, 4) is 0 Å². The summed E-state index contributed by atoms with van der Waals surface area (Å²) in [6.45, 7) is 4.22. The minimum atomic E-state index is 0.0454. The summed E-state index contributed by atoms with van der Waals surface area (Å²) in [6.07, 6.45) is 3.29. The van der Waals surface area contributed by atoms with E-state index in [0.717, 1.165) is 12.8 Å². The van der Waals surface area contributed by atoms with Crippen LogP contribution in [0.3, 0.4) is 0 Å². The van der Waals surface area contributed by atoms with Crippen LogP contribution in [0.1, 0.15) is 43.5 Å². The van der Waals surface area contributed by atoms with Crippen LogP contribution in [0.5, 0.6) is 0 Å². The lowest BCUT2D eigenvalue weighted by Gasteiger charge is -2.39. The van der Waals surface area contributed by atoms with Crippen LogP contribution in [0.4, 0.5) is 5.69 Å². The second-order valence-electron chi connectivity index (χ2n) is 5.38. The molecular formula is C15H21N3OS. The Balaban J connectivity index is 2.30. The van der Waals surface area contributed by atoms with Crippen molar-refractivity contribution in [2.45, 2.75) is 45.2 Å². The molecule has 1 aromatic rings. The lowest BCUT2D eigenvalue weighted by atomic mass is 9.96. The summed E-state index contributed by atoms with van der Waals surface area (Å²) in [4.78, 5) is 14.8. The summed E-state index contributed by atoms with van der Waals surface area (Å²) in [6, 6.07) is 7.90. The second-order valence-corrected chi connectivity index (χ2v) is 5.82. The van der Waals surface area contributed by atoms with E-state index in [9.17, 15) is 4.79 Å². The zero-order valence-corrected chi connectivity index (χ0v) is 12.7. The van der Waals surface area contributed by atoms with E-state index in [2.05, 4.69) is 19.2 Å². The Hall–Kier alpha value is -1.62. The van der Waals surface area contributed by atoms with Crippen molar-refractivity contribution in [3.63, 3.8) is 0 Å². The molecule has 20 heavy (non-hydrogen) atoms. The van der Waals surface area contributed by atoms with E-state index >= 15 is 0 Å². The number of hydrogen-bond donors (Lipinski definition) is 2. The summed E-state index contributed by atoms with van der Waals surface area (Å²) in [5.41, 5.74) is 6.82. The van der Waals surface area contributed by atoms with Crippen molar-refractivity contribution in [2.75, 3.05) is 5.32 Å². The third kappa shape index (κ3) is 3.10. The van der Waals surface area contributed by atoms with Gasteiger partial charge in [-0.15, -0.1) is 0 Å². The van der Waals surface area contributed by atoms with Gasteiger partial charge < -0.3 is 16.0 Å². The Bertz CT molecular complexity index is 508. The smallest absolute Gasteiger partial charge is 0.256 e. The average Bonchev–Trinajstić information content (AvgIpc) is 2.38. The summed E-state index contributed by atoms with van der Waals surface area (Å²) in [5, 5.41) is 3.06. The Kier molecular flexibility index (Phi) is 4.60. The zero-order chi connectivity index (χ0) is 14.7. The fraction of sp³-hybridized carbons (Fsp3) is 0.467. The Morgan fingerprint density at radius 3 is 2.50 bits per heavy atom. The highest BCUT2D eigenvalue weighted by atomic mass is 32.1. The molecular weight excluding hydrogens is 270 g/mol. The number of nitrogens with zero attached hydrogens (tertiary/aromatic N) is 1. The van der Waals surface area contributed by atoms with Gasteiger partial charge in [0.05, 0.1) is 11.3 Å². The molecule has 1 heterocycles. The first-order chi connectivity index (χ1) is 9.50. The monoisotopic (exact) mass is 291 g/mol. The number of benzene rings is 1. The molecule has 0 aromatic heterocycles. The maximum absolute atomic E-state index is 12.8. The van der Waals surface area contributed by atoms with Crippen molar-refractivity contribution in [1.29, 1.82) is 0 Å². The van der Waals surface area contributed by atoms with E-state index in [0.29, 0.717) is 11.3 Å². The maximum Gasteiger partial charge on any atom is 0.256 e. The molecule has 2 atom stereocenters. The first-order valence-corrected chi connectivity index (χ1v) is 7.39. The van der Waals surface area contributed by atoms with Gasteiger partial charge in [0, 0.05) is 12.1 Å². The quantitative estimate of drug-likeness (QED) is 0.823. The van der Waals surface area contributed by atoms with Gasteiger partial charge in [0.1, 0.15) is 0 Å².